The first-order valence-electron chi connectivity index (χ1n) is 9.75. The molecule has 148 valence electrons. The Morgan fingerprint density at radius 1 is 0.833 bits per heavy atom. The van der Waals surface area contributed by atoms with Crippen molar-refractivity contribution in [1.29, 1.82) is 0 Å². The molecule has 0 atom stereocenters. The molecule has 1 aromatic heterocycles. The van der Waals surface area contributed by atoms with E-state index in [-0.39, 0.29) is 5.91 Å². The topological polar surface area (TPSA) is 64.1 Å². The van der Waals surface area contributed by atoms with Crippen LogP contribution in [0.25, 0.3) is 11.3 Å². The number of carbonyl (C=O) groups is 1. The minimum atomic E-state index is -0.0896. The van der Waals surface area contributed by atoms with Crippen LogP contribution in [-0.4, -0.2) is 22.4 Å². The standard InChI is InChI=1S/C25H21N3O2/c29-25(26-16-15-19-7-3-1-4-8-19)21-13-11-20(12-14-21)23-17-24(28-18-27-23)30-22-9-5-2-6-10-22/h1-14,17-18H,15-16H2,(H,26,29). The number of ether oxygens (including phenoxy) is 1. The highest BCUT2D eigenvalue weighted by atomic mass is 16.5. The monoisotopic (exact) mass is 395 g/mol. The molecule has 1 amide bonds. The molecule has 5 nitrogen and oxygen atoms in total. The van der Waals surface area contributed by atoms with E-state index in [2.05, 4.69) is 27.4 Å². The molecule has 0 aliphatic rings. The molecule has 3 aromatic carbocycles. The van der Waals surface area contributed by atoms with Crippen LogP contribution in [0.2, 0.25) is 0 Å². The van der Waals surface area contributed by atoms with Gasteiger partial charge < -0.3 is 10.1 Å². The number of nitrogens with one attached hydrogen (secondary N) is 1. The van der Waals surface area contributed by atoms with E-state index in [9.17, 15) is 4.79 Å². The maximum absolute atomic E-state index is 12.4. The van der Waals surface area contributed by atoms with Gasteiger partial charge in [0.25, 0.3) is 5.91 Å². The Hall–Kier alpha value is -3.99. The average Bonchev–Trinajstić information content (AvgIpc) is 2.81. The summed E-state index contributed by atoms with van der Waals surface area (Å²) in [5, 5.41) is 2.96. The third-order valence-electron chi connectivity index (χ3n) is 4.59. The summed E-state index contributed by atoms with van der Waals surface area (Å²) in [5.41, 5.74) is 3.43. The minimum Gasteiger partial charge on any atom is -0.439 e. The average molecular weight is 395 g/mol. The van der Waals surface area contributed by atoms with Crippen LogP contribution in [0.5, 0.6) is 11.6 Å². The lowest BCUT2D eigenvalue weighted by Crippen LogP contribution is -2.25. The highest BCUT2D eigenvalue weighted by molar-refractivity contribution is 5.94. The smallest absolute Gasteiger partial charge is 0.251 e. The summed E-state index contributed by atoms with van der Waals surface area (Å²) in [6.07, 6.45) is 2.27. The summed E-state index contributed by atoms with van der Waals surface area (Å²) in [6.45, 7) is 0.594. The van der Waals surface area contributed by atoms with Gasteiger partial charge in [-0.15, -0.1) is 0 Å². The third kappa shape index (κ3) is 5.08. The fourth-order valence-corrected chi connectivity index (χ4v) is 3.02. The number of rotatable bonds is 7. The van der Waals surface area contributed by atoms with Crippen LogP contribution in [0.15, 0.2) is 97.3 Å². The zero-order valence-electron chi connectivity index (χ0n) is 16.4. The first-order chi connectivity index (χ1) is 14.8. The second-order valence-electron chi connectivity index (χ2n) is 6.73. The molecule has 5 heteroatoms. The second-order valence-corrected chi connectivity index (χ2v) is 6.73. The lowest BCUT2D eigenvalue weighted by Gasteiger charge is -2.08. The summed E-state index contributed by atoms with van der Waals surface area (Å²) in [6, 6.07) is 28.7. The van der Waals surface area contributed by atoms with Crippen molar-refractivity contribution in [3.63, 3.8) is 0 Å². The summed E-state index contributed by atoms with van der Waals surface area (Å²) in [7, 11) is 0. The van der Waals surface area contributed by atoms with Gasteiger partial charge in [0.15, 0.2) is 0 Å². The number of hydrogen-bond acceptors (Lipinski definition) is 4. The third-order valence-corrected chi connectivity index (χ3v) is 4.59. The summed E-state index contributed by atoms with van der Waals surface area (Å²) >= 11 is 0. The maximum atomic E-state index is 12.4. The molecule has 1 N–H and O–H groups in total. The van der Waals surface area contributed by atoms with Crippen molar-refractivity contribution in [2.24, 2.45) is 0 Å². The first kappa shape index (κ1) is 19.3. The quantitative estimate of drug-likeness (QED) is 0.483. The lowest BCUT2D eigenvalue weighted by atomic mass is 10.1. The Balaban J connectivity index is 1.38. The van der Waals surface area contributed by atoms with Gasteiger partial charge in [-0.1, -0.05) is 60.7 Å². The summed E-state index contributed by atoms with van der Waals surface area (Å²) in [4.78, 5) is 20.9. The zero-order chi connectivity index (χ0) is 20.6. The van der Waals surface area contributed by atoms with Gasteiger partial charge in [0.2, 0.25) is 5.88 Å². The van der Waals surface area contributed by atoms with Crippen LogP contribution in [0.1, 0.15) is 15.9 Å². The Labute approximate surface area is 175 Å². The molecule has 4 aromatic rings. The molecule has 1 heterocycles. The predicted octanol–water partition coefficient (Wildman–Crippen LogP) is 4.91. The van der Waals surface area contributed by atoms with Gasteiger partial charge in [-0.2, -0.15) is 0 Å². The highest BCUT2D eigenvalue weighted by Crippen LogP contribution is 2.23. The molecular weight excluding hydrogens is 374 g/mol. The molecule has 0 aliphatic carbocycles. The molecule has 0 spiro atoms. The van der Waals surface area contributed by atoms with Crippen molar-refractivity contribution in [2.45, 2.75) is 6.42 Å². The van der Waals surface area contributed by atoms with Gasteiger partial charge >= 0.3 is 0 Å². The van der Waals surface area contributed by atoms with Crippen LogP contribution in [0, 0.1) is 0 Å². The van der Waals surface area contributed by atoms with Gasteiger partial charge in [0.05, 0.1) is 5.69 Å². The SMILES string of the molecule is O=C(NCCc1ccccc1)c1ccc(-c2cc(Oc3ccccc3)ncn2)cc1. The van der Waals surface area contributed by atoms with Gasteiger partial charge in [-0.3, -0.25) is 4.79 Å². The Kier molecular flexibility index (Phi) is 6.11. The Morgan fingerprint density at radius 3 is 2.27 bits per heavy atom. The van der Waals surface area contributed by atoms with E-state index >= 15 is 0 Å². The lowest BCUT2D eigenvalue weighted by molar-refractivity contribution is 0.0954. The number of amides is 1. The van der Waals surface area contributed by atoms with E-state index < -0.39 is 0 Å². The molecule has 0 saturated carbocycles. The van der Waals surface area contributed by atoms with Crippen molar-refractivity contribution in [1.82, 2.24) is 15.3 Å². The molecule has 0 saturated heterocycles. The van der Waals surface area contributed by atoms with Crippen LogP contribution in [0.4, 0.5) is 0 Å². The second kappa shape index (κ2) is 9.47. The van der Waals surface area contributed by atoms with Crippen LogP contribution < -0.4 is 10.1 Å². The van der Waals surface area contributed by atoms with Crippen molar-refractivity contribution in [3.8, 4) is 22.9 Å². The van der Waals surface area contributed by atoms with E-state index in [0.29, 0.717) is 23.7 Å². The molecule has 0 radical (unpaired) electrons. The van der Waals surface area contributed by atoms with Gasteiger partial charge in [-0.05, 0) is 36.2 Å². The van der Waals surface area contributed by atoms with Crippen molar-refractivity contribution in [3.05, 3.63) is 108 Å². The van der Waals surface area contributed by atoms with E-state index in [1.54, 1.807) is 18.2 Å². The van der Waals surface area contributed by atoms with Crippen LogP contribution in [-0.2, 0) is 6.42 Å². The molecule has 30 heavy (non-hydrogen) atoms. The van der Waals surface area contributed by atoms with Gasteiger partial charge in [-0.25, -0.2) is 9.97 Å². The van der Waals surface area contributed by atoms with E-state index in [1.165, 1.54) is 11.9 Å². The molecule has 0 fully saturated rings. The normalized spacial score (nSPS) is 10.4. The number of aromatic nitrogens is 2. The van der Waals surface area contributed by atoms with Crippen LogP contribution >= 0.6 is 0 Å². The molecule has 0 unspecified atom stereocenters. The zero-order valence-corrected chi connectivity index (χ0v) is 16.4. The molecular formula is C25H21N3O2. The molecule has 0 aliphatic heterocycles. The van der Waals surface area contributed by atoms with Gasteiger partial charge in [0.1, 0.15) is 12.1 Å². The Bertz CT molecular complexity index is 1100. The van der Waals surface area contributed by atoms with E-state index in [4.69, 9.17) is 4.74 Å². The van der Waals surface area contributed by atoms with Crippen molar-refractivity contribution < 1.29 is 9.53 Å². The highest BCUT2D eigenvalue weighted by Gasteiger charge is 2.08. The maximum Gasteiger partial charge on any atom is 0.251 e. The number of carbonyl (C=O) groups excluding carboxylic acids is 1. The first-order valence-corrected chi connectivity index (χ1v) is 9.75. The number of para-hydroxylation sites is 1. The van der Waals surface area contributed by atoms with Crippen molar-refractivity contribution >= 4 is 5.91 Å². The van der Waals surface area contributed by atoms with E-state index in [1.807, 2.05) is 60.7 Å². The fourth-order valence-electron chi connectivity index (χ4n) is 3.02. The van der Waals surface area contributed by atoms with Crippen molar-refractivity contribution in [2.75, 3.05) is 6.54 Å². The van der Waals surface area contributed by atoms with E-state index in [0.717, 1.165) is 17.7 Å². The summed E-state index contributed by atoms with van der Waals surface area (Å²) < 4.78 is 5.77. The fraction of sp³-hybridized carbons (Fsp3) is 0.0800. The minimum absolute atomic E-state index is 0.0896. The van der Waals surface area contributed by atoms with Crippen LogP contribution in [0.3, 0.4) is 0 Å². The molecule has 0 bridgehead atoms. The van der Waals surface area contributed by atoms with Gasteiger partial charge in [0, 0.05) is 23.7 Å². The molecule has 4 rings (SSSR count). The largest absolute Gasteiger partial charge is 0.439 e. The predicted molar refractivity (Wildman–Crippen MR) is 116 cm³/mol. The summed E-state index contributed by atoms with van der Waals surface area (Å²) in [5.74, 6) is 1.09. The Morgan fingerprint density at radius 2 is 1.53 bits per heavy atom. The number of benzene rings is 3. The number of hydrogen-bond donors (Lipinski definition) is 1. The number of nitrogens with zero attached hydrogens (tertiary/aromatic N) is 2.